The van der Waals surface area contributed by atoms with Crippen molar-refractivity contribution < 1.29 is 24.5 Å². The van der Waals surface area contributed by atoms with Crippen LogP contribution in [0.1, 0.15) is 0 Å². The predicted molar refractivity (Wildman–Crippen MR) is 30.1 cm³/mol. The van der Waals surface area contributed by atoms with Crippen LogP contribution in [0.4, 0.5) is 4.39 Å². The van der Waals surface area contributed by atoms with Gasteiger partial charge in [-0.05, 0) is 0 Å². The van der Waals surface area contributed by atoms with Crippen LogP contribution in [-0.2, 0) is 4.79 Å². The highest BCUT2D eigenvalue weighted by Crippen LogP contribution is 2.00. The molecular formula is C5H9FO4. The van der Waals surface area contributed by atoms with Gasteiger partial charge in [0.05, 0.1) is 6.61 Å². The molecule has 0 heterocycles. The second-order valence-corrected chi connectivity index (χ2v) is 1.82. The van der Waals surface area contributed by atoms with Crippen LogP contribution in [0, 0.1) is 0 Å². The minimum Gasteiger partial charge on any atom is -0.394 e. The third kappa shape index (κ3) is 2.38. The Morgan fingerprint density at radius 3 is 2.30 bits per heavy atom. The van der Waals surface area contributed by atoms with Gasteiger partial charge in [0.2, 0.25) is 0 Å². The Morgan fingerprint density at radius 1 is 1.50 bits per heavy atom. The summed E-state index contributed by atoms with van der Waals surface area (Å²) in [5, 5.41) is 25.3. The quantitative estimate of drug-likeness (QED) is 0.417. The molecule has 60 valence electrons. The van der Waals surface area contributed by atoms with Crippen LogP contribution in [0.15, 0.2) is 0 Å². The van der Waals surface area contributed by atoms with Crippen LogP contribution in [0.2, 0.25) is 0 Å². The molecule has 0 saturated carbocycles. The van der Waals surface area contributed by atoms with Crippen LogP contribution in [0.5, 0.6) is 0 Å². The zero-order valence-corrected chi connectivity index (χ0v) is 5.14. The molecule has 0 bridgehead atoms. The number of aldehydes is 1. The van der Waals surface area contributed by atoms with Crippen LogP contribution >= 0.6 is 0 Å². The topological polar surface area (TPSA) is 77.8 Å². The largest absolute Gasteiger partial charge is 0.394 e. The molecular weight excluding hydrogens is 143 g/mol. The van der Waals surface area contributed by atoms with Crippen molar-refractivity contribution in [3.05, 3.63) is 0 Å². The Kier molecular flexibility index (Phi) is 4.10. The Hall–Kier alpha value is -0.520. The van der Waals surface area contributed by atoms with Gasteiger partial charge in [-0.3, -0.25) is 0 Å². The van der Waals surface area contributed by atoms with E-state index in [4.69, 9.17) is 15.3 Å². The molecule has 3 atom stereocenters. The van der Waals surface area contributed by atoms with Crippen molar-refractivity contribution >= 4 is 6.29 Å². The highest BCUT2D eigenvalue weighted by Gasteiger charge is 2.24. The van der Waals surface area contributed by atoms with Crippen molar-refractivity contribution in [2.24, 2.45) is 0 Å². The minimum atomic E-state index is -2.14. The molecule has 0 rings (SSSR count). The lowest BCUT2D eigenvalue weighted by Crippen LogP contribution is -2.37. The predicted octanol–water partition coefficient (Wildman–Crippen LogP) is -1.76. The number of carbonyl (C=O) groups is 1. The van der Waals surface area contributed by atoms with Crippen LogP contribution in [-0.4, -0.2) is 46.6 Å². The maximum atomic E-state index is 12.1. The molecule has 0 aromatic heterocycles. The molecule has 0 saturated heterocycles. The molecule has 0 spiro atoms. The Balaban J connectivity index is 3.80. The van der Waals surface area contributed by atoms with Crippen molar-refractivity contribution in [3.63, 3.8) is 0 Å². The van der Waals surface area contributed by atoms with E-state index in [1.54, 1.807) is 0 Å². The molecule has 0 aromatic rings. The SMILES string of the molecule is O=C[C@H](F)[C@@H](O)[C@@H](O)CO. The average Bonchev–Trinajstić information content (AvgIpc) is 2.00. The van der Waals surface area contributed by atoms with Gasteiger partial charge in [-0.2, -0.15) is 0 Å². The van der Waals surface area contributed by atoms with Gasteiger partial charge in [0.1, 0.15) is 12.2 Å². The van der Waals surface area contributed by atoms with Gasteiger partial charge in [0.15, 0.2) is 12.5 Å². The van der Waals surface area contributed by atoms with Crippen molar-refractivity contribution in [1.29, 1.82) is 0 Å². The molecule has 3 N–H and O–H groups in total. The van der Waals surface area contributed by atoms with E-state index in [1.807, 2.05) is 0 Å². The molecule has 5 heteroatoms. The first-order chi connectivity index (χ1) is 4.63. The first kappa shape index (κ1) is 9.48. The lowest BCUT2D eigenvalue weighted by Gasteiger charge is -2.14. The second-order valence-electron chi connectivity index (χ2n) is 1.82. The highest BCUT2D eigenvalue weighted by atomic mass is 19.1. The van der Waals surface area contributed by atoms with E-state index in [9.17, 15) is 9.18 Å². The summed E-state index contributed by atoms with van der Waals surface area (Å²) in [5.74, 6) is 0. The van der Waals surface area contributed by atoms with Gasteiger partial charge in [-0.1, -0.05) is 0 Å². The van der Waals surface area contributed by atoms with Gasteiger partial charge >= 0.3 is 0 Å². The molecule has 10 heavy (non-hydrogen) atoms. The van der Waals surface area contributed by atoms with Gasteiger partial charge in [-0.15, -0.1) is 0 Å². The van der Waals surface area contributed by atoms with E-state index in [1.165, 1.54) is 0 Å². The highest BCUT2D eigenvalue weighted by molar-refractivity contribution is 5.56. The van der Waals surface area contributed by atoms with E-state index in [0.717, 1.165) is 0 Å². The Bertz CT molecular complexity index is 108. The number of hydrogen-bond donors (Lipinski definition) is 3. The second kappa shape index (κ2) is 4.32. The monoisotopic (exact) mass is 152 g/mol. The van der Waals surface area contributed by atoms with E-state index < -0.39 is 25.0 Å². The lowest BCUT2D eigenvalue weighted by molar-refractivity contribution is -0.120. The van der Waals surface area contributed by atoms with Crippen molar-refractivity contribution in [2.45, 2.75) is 18.4 Å². The number of alkyl halides is 1. The van der Waals surface area contributed by atoms with E-state index in [2.05, 4.69) is 0 Å². The number of aliphatic hydroxyl groups is 3. The van der Waals surface area contributed by atoms with Gasteiger partial charge in [-0.25, -0.2) is 4.39 Å². The number of rotatable bonds is 4. The summed E-state index contributed by atoms with van der Waals surface area (Å²) >= 11 is 0. The molecule has 0 aromatic carbocycles. The van der Waals surface area contributed by atoms with Gasteiger partial charge in [0, 0.05) is 0 Å². The maximum absolute atomic E-state index is 12.1. The van der Waals surface area contributed by atoms with Crippen LogP contribution in [0.3, 0.4) is 0 Å². The van der Waals surface area contributed by atoms with E-state index >= 15 is 0 Å². The average molecular weight is 152 g/mol. The molecule has 0 aliphatic rings. The molecule has 0 unspecified atom stereocenters. The first-order valence-corrected chi connectivity index (χ1v) is 2.69. The number of halogens is 1. The Labute approximate surface area is 56.9 Å². The zero-order valence-electron chi connectivity index (χ0n) is 5.14. The summed E-state index contributed by atoms with van der Waals surface area (Å²) in [6, 6.07) is 0. The van der Waals surface area contributed by atoms with E-state index in [-0.39, 0.29) is 6.29 Å². The van der Waals surface area contributed by atoms with Crippen LogP contribution in [0.25, 0.3) is 0 Å². The van der Waals surface area contributed by atoms with Crippen molar-refractivity contribution in [3.8, 4) is 0 Å². The van der Waals surface area contributed by atoms with Crippen LogP contribution < -0.4 is 0 Å². The molecule has 4 nitrogen and oxygen atoms in total. The molecule has 0 amide bonds. The molecule has 0 aliphatic carbocycles. The molecule has 0 aliphatic heterocycles. The minimum absolute atomic E-state index is 0.135. The summed E-state index contributed by atoms with van der Waals surface area (Å²) in [7, 11) is 0. The van der Waals surface area contributed by atoms with Gasteiger partial charge < -0.3 is 20.1 Å². The number of carbonyl (C=O) groups excluding carboxylic acids is 1. The summed E-state index contributed by atoms with van der Waals surface area (Å²) in [5.41, 5.74) is 0. The summed E-state index contributed by atoms with van der Waals surface area (Å²) in [4.78, 5) is 9.64. The fraction of sp³-hybridized carbons (Fsp3) is 0.800. The number of hydrogen-bond acceptors (Lipinski definition) is 4. The third-order valence-corrected chi connectivity index (χ3v) is 1.04. The smallest absolute Gasteiger partial charge is 0.183 e. The molecule has 0 radical (unpaired) electrons. The maximum Gasteiger partial charge on any atom is 0.183 e. The summed E-state index contributed by atoms with van der Waals surface area (Å²) in [6.45, 7) is -0.768. The fourth-order valence-corrected chi connectivity index (χ4v) is 0.401. The summed E-state index contributed by atoms with van der Waals surface area (Å²) in [6.07, 6.45) is -5.70. The van der Waals surface area contributed by atoms with Crippen molar-refractivity contribution in [1.82, 2.24) is 0 Å². The standard InChI is InChI=1S/C5H9FO4/c6-3(1-7)5(10)4(9)2-8/h1,3-5,8-10H,2H2/t3-,4-,5+/m0/s1. The number of aliphatic hydroxyl groups excluding tert-OH is 3. The molecule has 0 fully saturated rings. The zero-order chi connectivity index (χ0) is 8.15. The van der Waals surface area contributed by atoms with Crippen molar-refractivity contribution in [2.75, 3.05) is 6.61 Å². The van der Waals surface area contributed by atoms with Gasteiger partial charge in [0.25, 0.3) is 0 Å². The Morgan fingerprint density at radius 2 is 2.00 bits per heavy atom. The first-order valence-electron chi connectivity index (χ1n) is 2.69. The normalized spacial score (nSPS) is 19.6. The summed E-state index contributed by atoms with van der Waals surface area (Å²) < 4.78 is 12.1. The third-order valence-electron chi connectivity index (χ3n) is 1.04. The fourth-order valence-electron chi connectivity index (χ4n) is 0.401. The van der Waals surface area contributed by atoms with E-state index in [0.29, 0.717) is 0 Å². The lowest BCUT2D eigenvalue weighted by atomic mass is 10.1.